The van der Waals surface area contributed by atoms with Gasteiger partial charge in [0.05, 0.1) is 18.3 Å². The van der Waals surface area contributed by atoms with Gasteiger partial charge in [0.15, 0.2) is 5.65 Å². The predicted octanol–water partition coefficient (Wildman–Crippen LogP) is 2.52. The third-order valence-electron chi connectivity index (χ3n) is 3.11. The molecule has 0 aliphatic rings. The number of fused-ring (bicyclic) bond motifs is 1. The van der Waals surface area contributed by atoms with Crippen LogP contribution in [0.15, 0.2) is 33.7 Å². The van der Waals surface area contributed by atoms with Crippen LogP contribution < -0.4 is 5.32 Å². The molecule has 0 aliphatic heterocycles. The average Bonchev–Trinajstić information content (AvgIpc) is 3.08. The van der Waals surface area contributed by atoms with Crippen LogP contribution in [0.2, 0.25) is 0 Å². The van der Waals surface area contributed by atoms with Crippen molar-refractivity contribution < 1.29 is 9.15 Å². The lowest BCUT2D eigenvalue weighted by molar-refractivity contribution is 0.178. The van der Waals surface area contributed by atoms with Gasteiger partial charge in [-0.15, -0.1) is 0 Å². The first-order valence-corrected chi connectivity index (χ1v) is 7.12. The highest BCUT2D eigenvalue weighted by atomic mass is 79.9. The molecule has 110 valence electrons. The molecule has 1 atom stereocenters. The molecule has 0 amide bonds. The van der Waals surface area contributed by atoms with E-state index in [9.17, 15) is 0 Å². The van der Waals surface area contributed by atoms with Gasteiger partial charge in [0.25, 0.3) is 0 Å². The van der Waals surface area contributed by atoms with Gasteiger partial charge in [-0.1, -0.05) is 0 Å². The van der Waals surface area contributed by atoms with E-state index in [-0.39, 0.29) is 6.04 Å². The Morgan fingerprint density at radius 3 is 3.05 bits per heavy atom. The Balaban J connectivity index is 2.00. The van der Waals surface area contributed by atoms with Crippen molar-refractivity contribution in [3.05, 3.63) is 35.1 Å². The van der Waals surface area contributed by atoms with Gasteiger partial charge >= 0.3 is 0 Å². The smallest absolute Gasteiger partial charge is 0.164 e. The zero-order chi connectivity index (χ0) is 14.8. The summed E-state index contributed by atoms with van der Waals surface area (Å²) in [5.41, 5.74) is 0.745. The maximum atomic E-state index is 5.45. The van der Waals surface area contributed by atoms with Crippen molar-refractivity contribution in [1.29, 1.82) is 0 Å². The second kappa shape index (κ2) is 5.82. The number of halogens is 1. The Labute approximate surface area is 129 Å². The minimum Gasteiger partial charge on any atom is -0.467 e. The fourth-order valence-corrected chi connectivity index (χ4v) is 2.77. The number of nitrogens with one attached hydrogen (secondary N) is 1. The number of nitrogens with zero attached hydrogens (tertiary/aromatic N) is 4. The summed E-state index contributed by atoms with van der Waals surface area (Å²) in [7, 11) is 3.48. The number of hydrogen-bond acceptors (Lipinski definition) is 6. The summed E-state index contributed by atoms with van der Waals surface area (Å²) >= 11 is 3.44. The number of aryl methyl sites for hydroxylation is 1. The minimum atomic E-state index is -0.143. The SMILES string of the molecule is COCC(Nc1ncnc2c1c(Br)nn2C)c1ccco1. The lowest BCUT2D eigenvalue weighted by Gasteiger charge is -2.16. The van der Waals surface area contributed by atoms with Gasteiger partial charge in [-0.25, -0.2) is 14.6 Å². The van der Waals surface area contributed by atoms with Gasteiger partial charge in [-0.2, -0.15) is 5.10 Å². The van der Waals surface area contributed by atoms with Crippen LogP contribution in [0.25, 0.3) is 11.0 Å². The molecular formula is C13H14BrN5O2. The van der Waals surface area contributed by atoms with E-state index in [4.69, 9.17) is 9.15 Å². The molecule has 0 spiro atoms. The van der Waals surface area contributed by atoms with Crippen LogP contribution in [0.4, 0.5) is 5.82 Å². The van der Waals surface area contributed by atoms with Crippen molar-refractivity contribution in [3.8, 4) is 0 Å². The summed E-state index contributed by atoms with van der Waals surface area (Å²) in [6.07, 6.45) is 3.14. The maximum Gasteiger partial charge on any atom is 0.164 e. The van der Waals surface area contributed by atoms with Gasteiger partial charge in [0.2, 0.25) is 0 Å². The van der Waals surface area contributed by atoms with E-state index in [1.54, 1.807) is 18.1 Å². The number of anilines is 1. The van der Waals surface area contributed by atoms with E-state index >= 15 is 0 Å². The van der Waals surface area contributed by atoms with Crippen molar-refractivity contribution >= 4 is 32.8 Å². The standard InChI is InChI=1S/C13H14BrN5O2/c1-19-13-10(11(14)18-19)12(15-7-16-13)17-8(6-20-2)9-4-3-5-21-9/h3-5,7-8H,6H2,1-2H3,(H,15,16,17). The van der Waals surface area contributed by atoms with Crippen LogP contribution in [0, 0.1) is 0 Å². The third kappa shape index (κ3) is 2.64. The van der Waals surface area contributed by atoms with Crippen LogP contribution in [0.3, 0.4) is 0 Å². The maximum absolute atomic E-state index is 5.45. The molecular weight excluding hydrogens is 338 g/mol. The highest BCUT2D eigenvalue weighted by Gasteiger charge is 2.19. The third-order valence-corrected chi connectivity index (χ3v) is 3.66. The fourth-order valence-electron chi connectivity index (χ4n) is 2.17. The molecule has 0 saturated carbocycles. The van der Waals surface area contributed by atoms with E-state index < -0.39 is 0 Å². The molecule has 0 radical (unpaired) electrons. The molecule has 3 heterocycles. The Hall–Kier alpha value is -1.93. The van der Waals surface area contributed by atoms with Gasteiger partial charge < -0.3 is 14.5 Å². The number of aromatic nitrogens is 4. The Bertz CT molecular complexity index is 740. The molecule has 7 nitrogen and oxygen atoms in total. The highest BCUT2D eigenvalue weighted by Crippen LogP contribution is 2.29. The Morgan fingerprint density at radius 1 is 1.48 bits per heavy atom. The normalized spacial score (nSPS) is 12.7. The molecule has 21 heavy (non-hydrogen) atoms. The summed E-state index contributed by atoms with van der Waals surface area (Å²) in [6, 6.07) is 3.60. The van der Waals surface area contributed by atoms with Crippen molar-refractivity contribution in [2.24, 2.45) is 7.05 Å². The molecule has 3 aromatic heterocycles. The van der Waals surface area contributed by atoms with Gasteiger partial charge in [0, 0.05) is 14.2 Å². The van der Waals surface area contributed by atoms with Crippen LogP contribution in [-0.2, 0) is 11.8 Å². The zero-order valence-corrected chi connectivity index (χ0v) is 13.2. The van der Waals surface area contributed by atoms with Crippen molar-refractivity contribution in [3.63, 3.8) is 0 Å². The second-order valence-corrected chi connectivity index (χ2v) is 5.25. The molecule has 3 rings (SSSR count). The molecule has 0 aliphatic carbocycles. The average molecular weight is 352 g/mol. The first-order chi connectivity index (χ1) is 10.2. The Morgan fingerprint density at radius 2 is 2.33 bits per heavy atom. The summed E-state index contributed by atoms with van der Waals surface area (Å²) in [5.74, 6) is 1.46. The zero-order valence-electron chi connectivity index (χ0n) is 11.6. The summed E-state index contributed by atoms with van der Waals surface area (Å²) < 4.78 is 13.1. The van der Waals surface area contributed by atoms with E-state index in [2.05, 4.69) is 36.3 Å². The molecule has 0 saturated heterocycles. The van der Waals surface area contributed by atoms with Crippen molar-refractivity contribution in [1.82, 2.24) is 19.7 Å². The monoisotopic (exact) mass is 351 g/mol. The molecule has 1 N–H and O–H groups in total. The van der Waals surface area contributed by atoms with Crippen molar-refractivity contribution in [2.75, 3.05) is 19.0 Å². The predicted molar refractivity (Wildman–Crippen MR) is 81.0 cm³/mol. The molecule has 0 bridgehead atoms. The van der Waals surface area contributed by atoms with Crippen LogP contribution in [0.5, 0.6) is 0 Å². The molecule has 1 unspecified atom stereocenters. The quantitative estimate of drug-likeness (QED) is 0.760. The molecule has 0 fully saturated rings. The lowest BCUT2D eigenvalue weighted by Crippen LogP contribution is -2.16. The largest absolute Gasteiger partial charge is 0.467 e. The number of hydrogen-bond donors (Lipinski definition) is 1. The van der Waals surface area contributed by atoms with Crippen LogP contribution in [-0.4, -0.2) is 33.5 Å². The lowest BCUT2D eigenvalue weighted by atomic mass is 10.2. The second-order valence-electron chi connectivity index (χ2n) is 4.50. The van der Waals surface area contributed by atoms with Crippen LogP contribution in [0.1, 0.15) is 11.8 Å². The first-order valence-electron chi connectivity index (χ1n) is 6.32. The molecule has 8 heteroatoms. The fraction of sp³-hybridized carbons (Fsp3) is 0.308. The molecule has 3 aromatic rings. The molecule has 0 aromatic carbocycles. The minimum absolute atomic E-state index is 0.143. The summed E-state index contributed by atoms with van der Waals surface area (Å²) in [6.45, 7) is 0.455. The number of rotatable bonds is 5. The highest BCUT2D eigenvalue weighted by molar-refractivity contribution is 9.10. The van der Waals surface area contributed by atoms with Gasteiger partial charge in [0.1, 0.15) is 28.6 Å². The van der Waals surface area contributed by atoms with E-state index in [0.29, 0.717) is 17.0 Å². The van der Waals surface area contributed by atoms with E-state index in [1.165, 1.54) is 6.33 Å². The van der Waals surface area contributed by atoms with Gasteiger partial charge in [-0.05, 0) is 28.1 Å². The summed E-state index contributed by atoms with van der Waals surface area (Å²) in [4.78, 5) is 8.55. The number of methoxy groups -OCH3 is 1. The topological polar surface area (TPSA) is 78.0 Å². The van der Waals surface area contributed by atoms with E-state index in [0.717, 1.165) is 16.8 Å². The van der Waals surface area contributed by atoms with Crippen molar-refractivity contribution in [2.45, 2.75) is 6.04 Å². The first kappa shape index (κ1) is 14.0. The Kier molecular flexibility index (Phi) is 3.89. The van der Waals surface area contributed by atoms with Gasteiger partial charge in [-0.3, -0.25) is 0 Å². The number of furan rings is 1. The summed E-state index contributed by atoms with van der Waals surface area (Å²) in [5, 5.41) is 8.46. The number of ether oxygens (including phenoxy) is 1. The van der Waals surface area contributed by atoms with Crippen LogP contribution >= 0.6 is 15.9 Å². The van der Waals surface area contributed by atoms with E-state index in [1.807, 2.05) is 19.2 Å².